The molecule has 0 heterocycles. The van der Waals surface area contributed by atoms with Crippen molar-refractivity contribution in [1.29, 1.82) is 0 Å². The van der Waals surface area contributed by atoms with E-state index in [9.17, 15) is 8.42 Å². The molecule has 0 radical (unpaired) electrons. The second-order valence-electron chi connectivity index (χ2n) is 2.94. The maximum absolute atomic E-state index is 10.9. The normalized spacial score (nSPS) is 23.8. The third-order valence-electron chi connectivity index (χ3n) is 2.51. The van der Waals surface area contributed by atoms with Gasteiger partial charge in [-0.3, -0.25) is 0 Å². The fourth-order valence-electron chi connectivity index (χ4n) is 1.41. The molecule has 1 aliphatic rings. The molecule has 0 amide bonds. The van der Waals surface area contributed by atoms with Gasteiger partial charge >= 0.3 is 0 Å². The first-order valence-electron chi connectivity index (χ1n) is 3.54. The Morgan fingerprint density at radius 3 is 2.00 bits per heavy atom. The van der Waals surface area contributed by atoms with Gasteiger partial charge in [-0.15, -0.1) is 0 Å². The summed E-state index contributed by atoms with van der Waals surface area (Å²) in [6, 6.07) is 0. The molecule has 0 bridgehead atoms. The summed E-state index contributed by atoms with van der Waals surface area (Å²) in [5.74, 6) is 0. The second-order valence-corrected chi connectivity index (χ2v) is 4.89. The molecule has 0 aromatic rings. The van der Waals surface area contributed by atoms with Crippen LogP contribution in [0, 0.1) is 0 Å². The summed E-state index contributed by atoms with van der Waals surface area (Å²) in [6.07, 6.45) is 3.17. The molecule has 1 rings (SSSR count). The van der Waals surface area contributed by atoms with E-state index in [1.165, 1.54) is 0 Å². The van der Waals surface area contributed by atoms with Crippen molar-refractivity contribution in [2.24, 2.45) is 5.14 Å². The largest absolute Gasteiger partial charge is 0.228 e. The molecule has 0 aromatic heterocycles. The summed E-state index contributed by atoms with van der Waals surface area (Å²) >= 11 is 0. The monoisotopic (exact) mass is 163 g/mol. The topological polar surface area (TPSA) is 60.2 Å². The van der Waals surface area contributed by atoms with Gasteiger partial charge in [0.25, 0.3) is 0 Å². The number of primary sulfonamides is 1. The van der Waals surface area contributed by atoms with E-state index in [4.69, 9.17) is 5.14 Å². The summed E-state index contributed by atoms with van der Waals surface area (Å²) in [7, 11) is -3.28. The molecule has 0 aromatic carbocycles. The van der Waals surface area contributed by atoms with Crippen LogP contribution in [0.5, 0.6) is 0 Å². The highest BCUT2D eigenvalue weighted by molar-refractivity contribution is 7.90. The van der Waals surface area contributed by atoms with Crippen molar-refractivity contribution in [3.8, 4) is 0 Å². The minimum Gasteiger partial charge on any atom is -0.228 e. The third-order valence-corrected chi connectivity index (χ3v) is 4.42. The van der Waals surface area contributed by atoms with Crippen LogP contribution in [0.15, 0.2) is 0 Å². The molecule has 0 aliphatic heterocycles. The van der Waals surface area contributed by atoms with E-state index >= 15 is 0 Å². The molecule has 4 heteroatoms. The van der Waals surface area contributed by atoms with Crippen LogP contribution in [-0.2, 0) is 10.0 Å². The summed E-state index contributed by atoms with van der Waals surface area (Å²) in [5, 5.41) is 5.06. The van der Waals surface area contributed by atoms with Crippen LogP contribution in [-0.4, -0.2) is 13.2 Å². The average Bonchev–Trinajstić information content (AvgIpc) is 1.58. The predicted octanol–water partition coefficient (Wildman–Crippen LogP) is 0.608. The molecule has 60 valence electrons. The van der Waals surface area contributed by atoms with Gasteiger partial charge in [-0.25, -0.2) is 13.6 Å². The highest BCUT2D eigenvalue weighted by atomic mass is 32.2. The van der Waals surface area contributed by atoms with Gasteiger partial charge in [-0.1, -0.05) is 13.3 Å². The molecule has 0 saturated heterocycles. The van der Waals surface area contributed by atoms with E-state index in [0.29, 0.717) is 6.42 Å². The Morgan fingerprint density at radius 2 is 2.00 bits per heavy atom. The van der Waals surface area contributed by atoms with Gasteiger partial charge in [0.05, 0.1) is 4.75 Å². The fraction of sp³-hybridized carbons (Fsp3) is 1.00. The average molecular weight is 163 g/mol. The number of sulfonamides is 1. The minimum atomic E-state index is -3.28. The molecule has 2 N–H and O–H groups in total. The van der Waals surface area contributed by atoms with Gasteiger partial charge in [-0.2, -0.15) is 0 Å². The van der Waals surface area contributed by atoms with Crippen molar-refractivity contribution in [2.45, 2.75) is 37.4 Å². The predicted molar refractivity (Wildman–Crippen MR) is 40.0 cm³/mol. The lowest BCUT2D eigenvalue weighted by Gasteiger charge is -2.38. The Kier molecular flexibility index (Phi) is 1.76. The second kappa shape index (κ2) is 2.20. The first-order chi connectivity index (χ1) is 4.52. The van der Waals surface area contributed by atoms with Gasteiger partial charge in [0.15, 0.2) is 0 Å². The lowest BCUT2D eigenvalue weighted by Crippen LogP contribution is -2.48. The van der Waals surface area contributed by atoms with Crippen LogP contribution in [0.25, 0.3) is 0 Å². The Bertz CT molecular complexity index is 210. The molecule has 1 fully saturated rings. The van der Waals surface area contributed by atoms with E-state index in [2.05, 4.69) is 0 Å². The minimum absolute atomic E-state index is 0.549. The highest BCUT2D eigenvalue weighted by Crippen LogP contribution is 2.40. The number of hydrogen-bond donors (Lipinski definition) is 1. The van der Waals surface area contributed by atoms with Crippen LogP contribution < -0.4 is 5.14 Å². The third kappa shape index (κ3) is 0.953. The lowest BCUT2D eigenvalue weighted by atomic mass is 9.82. The lowest BCUT2D eigenvalue weighted by molar-refractivity contribution is 0.328. The summed E-state index contributed by atoms with van der Waals surface area (Å²) in [4.78, 5) is 0. The Balaban J connectivity index is 2.85. The summed E-state index contributed by atoms with van der Waals surface area (Å²) in [6.45, 7) is 1.88. The maximum atomic E-state index is 10.9. The van der Waals surface area contributed by atoms with Crippen LogP contribution in [0.2, 0.25) is 0 Å². The SMILES string of the molecule is CCC1(S(N)(=O)=O)CCC1. The van der Waals surface area contributed by atoms with Crippen molar-refractivity contribution in [3.05, 3.63) is 0 Å². The summed E-state index contributed by atoms with van der Waals surface area (Å²) < 4.78 is 21.3. The van der Waals surface area contributed by atoms with Gasteiger partial charge < -0.3 is 0 Å². The van der Waals surface area contributed by atoms with Crippen molar-refractivity contribution >= 4 is 10.0 Å². The van der Waals surface area contributed by atoms with E-state index < -0.39 is 14.8 Å². The number of nitrogens with two attached hydrogens (primary N) is 1. The van der Waals surface area contributed by atoms with Crippen LogP contribution >= 0.6 is 0 Å². The van der Waals surface area contributed by atoms with E-state index in [-0.39, 0.29) is 0 Å². The zero-order valence-electron chi connectivity index (χ0n) is 6.13. The van der Waals surface area contributed by atoms with Crippen LogP contribution in [0.3, 0.4) is 0 Å². The Labute approximate surface area is 61.7 Å². The molecular formula is C6H13NO2S. The van der Waals surface area contributed by atoms with E-state index in [1.807, 2.05) is 6.92 Å². The van der Waals surface area contributed by atoms with E-state index in [0.717, 1.165) is 19.3 Å². The molecule has 0 atom stereocenters. The first kappa shape index (κ1) is 8.01. The zero-order chi connectivity index (χ0) is 7.83. The van der Waals surface area contributed by atoms with Crippen molar-refractivity contribution in [3.63, 3.8) is 0 Å². The van der Waals surface area contributed by atoms with Gasteiger partial charge in [0, 0.05) is 0 Å². The standard InChI is InChI=1S/C6H13NO2S/c1-2-6(4-3-5-6)10(7,8)9/h2-5H2,1H3,(H2,7,8,9). The molecule has 3 nitrogen and oxygen atoms in total. The van der Waals surface area contributed by atoms with E-state index in [1.54, 1.807) is 0 Å². The molecule has 1 aliphatic carbocycles. The van der Waals surface area contributed by atoms with Crippen molar-refractivity contribution in [1.82, 2.24) is 0 Å². The molecule has 1 saturated carbocycles. The highest BCUT2D eigenvalue weighted by Gasteiger charge is 2.45. The molecule has 0 spiro atoms. The summed E-state index contributed by atoms with van der Waals surface area (Å²) in [5.41, 5.74) is 0. The van der Waals surface area contributed by atoms with Crippen molar-refractivity contribution in [2.75, 3.05) is 0 Å². The molecule has 10 heavy (non-hydrogen) atoms. The van der Waals surface area contributed by atoms with Crippen LogP contribution in [0.4, 0.5) is 0 Å². The van der Waals surface area contributed by atoms with Crippen molar-refractivity contribution < 1.29 is 8.42 Å². The Morgan fingerprint density at radius 1 is 1.50 bits per heavy atom. The quantitative estimate of drug-likeness (QED) is 0.648. The number of hydrogen-bond acceptors (Lipinski definition) is 2. The fourth-order valence-corrected chi connectivity index (χ4v) is 2.67. The number of rotatable bonds is 2. The first-order valence-corrected chi connectivity index (χ1v) is 5.09. The molecular weight excluding hydrogens is 150 g/mol. The maximum Gasteiger partial charge on any atom is 0.214 e. The Hall–Kier alpha value is -0.0900. The van der Waals surface area contributed by atoms with Gasteiger partial charge in [0.2, 0.25) is 10.0 Å². The smallest absolute Gasteiger partial charge is 0.214 e. The van der Waals surface area contributed by atoms with Crippen LogP contribution in [0.1, 0.15) is 32.6 Å². The molecule has 0 unspecified atom stereocenters. The zero-order valence-corrected chi connectivity index (χ0v) is 6.95. The van der Waals surface area contributed by atoms with Gasteiger partial charge in [0.1, 0.15) is 0 Å². The van der Waals surface area contributed by atoms with Gasteiger partial charge in [-0.05, 0) is 19.3 Å².